The van der Waals surface area contributed by atoms with Gasteiger partial charge in [-0.05, 0) is 37.0 Å². The predicted octanol–water partition coefficient (Wildman–Crippen LogP) is 3.23. The van der Waals surface area contributed by atoms with Crippen molar-refractivity contribution >= 4 is 17.3 Å². The third-order valence-corrected chi connectivity index (χ3v) is 4.25. The number of carbonyl (C=O) groups is 1. The second-order valence-electron chi connectivity index (χ2n) is 6.23. The van der Waals surface area contributed by atoms with E-state index in [2.05, 4.69) is 5.32 Å². The summed E-state index contributed by atoms with van der Waals surface area (Å²) in [6.45, 7) is 0. The molecule has 1 saturated carbocycles. The average Bonchev–Trinajstić information content (AvgIpc) is 2.82. The van der Waals surface area contributed by atoms with Gasteiger partial charge in [0.1, 0.15) is 0 Å². The van der Waals surface area contributed by atoms with Crippen molar-refractivity contribution in [2.45, 2.75) is 37.9 Å². The van der Waals surface area contributed by atoms with E-state index in [0.29, 0.717) is 5.69 Å². The van der Waals surface area contributed by atoms with Crippen LogP contribution in [0.5, 0.6) is 0 Å². The number of anilines is 2. The fourth-order valence-corrected chi connectivity index (χ4v) is 2.96. The van der Waals surface area contributed by atoms with Gasteiger partial charge in [-0.25, -0.2) is 0 Å². The van der Waals surface area contributed by atoms with Crippen molar-refractivity contribution < 1.29 is 18.0 Å². The molecule has 0 spiro atoms. The molecule has 4 nitrogen and oxygen atoms in total. The van der Waals surface area contributed by atoms with Crippen LogP contribution in [0.15, 0.2) is 18.2 Å². The van der Waals surface area contributed by atoms with E-state index in [-0.39, 0.29) is 30.0 Å². The number of nitrogens with one attached hydrogen (secondary N) is 1. The first-order chi connectivity index (χ1) is 10.7. The molecule has 1 fully saturated rings. The van der Waals surface area contributed by atoms with Gasteiger partial charge in [0.05, 0.1) is 16.9 Å². The van der Waals surface area contributed by atoms with E-state index >= 15 is 0 Å². The largest absolute Gasteiger partial charge is 0.416 e. The molecule has 7 heteroatoms. The van der Waals surface area contributed by atoms with Crippen molar-refractivity contribution in [1.29, 1.82) is 0 Å². The van der Waals surface area contributed by atoms with Crippen molar-refractivity contribution in [1.82, 2.24) is 0 Å². The van der Waals surface area contributed by atoms with Gasteiger partial charge in [0.15, 0.2) is 0 Å². The molecule has 2 rings (SSSR count). The molecule has 128 valence electrons. The molecule has 1 aliphatic rings. The number of benzene rings is 1. The predicted molar refractivity (Wildman–Crippen MR) is 84.3 cm³/mol. The highest BCUT2D eigenvalue weighted by Crippen LogP contribution is 2.35. The molecule has 1 aromatic carbocycles. The Hall–Kier alpha value is -1.76. The molecule has 1 amide bonds. The van der Waals surface area contributed by atoms with Crippen LogP contribution in [0.4, 0.5) is 24.5 Å². The molecular formula is C16H22F3N3O. The number of amides is 1. The van der Waals surface area contributed by atoms with Crippen LogP contribution in [0.25, 0.3) is 0 Å². The zero-order chi connectivity index (χ0) is 17.2. The maximum Gasteiger partial charge on any atom is 0.416 e. The van der Waals surface area contributed by atoms with Gasteiger partial charge in [0.25, 0.3) is 0 Å². The van der Waals surface area contributed by atoms with Crippen molar-refractivity contribution in [3.63, 3.8) is 0 Å². The topological polar surface area (TPSA) is 58.4 Å². The number of rotatable bonds is 4. The molecule has 0 aliphatic heterocycles. The van der Waals surface area contributed by atoms with Crippen molar-refractivity contribution in [3.05, 3.63) is 23.8 Å². The summed E-state index contributed by atoms with van der Waals surface area (Å²) in [5.41, 5.74) is 5.86. The molecule has 3 N–H and O–H groups in total. The number of hydrogen-bond donors (Lipinski definition) is 2. The van der Waals surface area contributed by atoms with Gasteiger partial charge in [-0.1, -0.05) is 6.42 Å². The van der Waals surface area contributed by atoms with E-state index in [0.717, 1.165) is 31.4 Å². The molecule has 0 aromatic heterocycles. The first-order valence-corrected chi connectivity index (χ1v) is 7.62. The lowest BCUT2D eigenvalue weighted by atomic mass is 10.00. The molecule has 0 unspecified atom stereocenters. The van der Waals surface area contributed by atoms with Gasteiger partial charge in [-0.15, -0.1) is 0 Å². The molecule has 2 atom stereocenters. The molecular weight excluding hydrogens is 307 g/mol. The van der Waals surface area contributed by atoms with Crippen LogP contribution < -0.4 is 16.0 Å². The highest BCUT2D eigenvalue weighted by molar-refractivity contribution is 5.94. The Morgan fingerprint density at radius 2 is 2.04 bits per heavy atom. The Kier molecular flexibility index (Phi) is 5.19. The summed E-state index contributed by atoms with van der Waals surface area (Å²) in [5.74, 6) is -0.196. The molecule has 23 heavy (non-hydrogen) atoms. The number of hydrogen-bond acceptors (Lipinski definition) is 3. The van der Waals surface area contributed by atoms with Gasteiger partial charge in [0.2, 0.25) is 5.91 Å². The monoisotopic (exact) mass is 329 g/mol. The third kappa shape index (κ3) is 4.37. The summed E-state index contributed by atoms with van der Waals surface area (Å²) in [6, 6.07) is 3.34. The van der Waals surface area contributed by atoms with Crippen molar-refractivity contribution in [3.8, 4) is 0 Å². The summed E-state index contributed by atoms with van der Waals surface area (Å²) in [4.78, 5) is 13.8. The van der Waals surface area contributed by atoms with Crippen LogP contribution in [0.2, 0.25) is 0 Å². The molecule has 1 aromatic rings. The molecule has 0 saturated heterocycles. The van der Waals surface area contributed by atoms with E-state index < -0.39 is 11.7 Å². The van der Waals surface area contributed by atoms with E-state index in [1.807, 2.05) is 0 Å². The number of carbonyl (C=O) groups excluding carboxylic acids is 1. The van der Waals surface area contributed by atoms with Crippen LogP contribution in [-0.2, 0) is 11.0 Å². The van der Waals surface area contributed by atoms with E-state index in [1.54, 1.807) is 19.0 Å². The minimum absolute atomic E-state index is 0.00409. The van der Waals surface area contributed by atoms with E-state index in [1.165, 1.54) is 6.07 Å². The van der Waals surface area contributed by atoms with Crippen LogP contribution in [0.1, 0.15) is 31.2 Å². The number of halogens is 3. The Balaban J connectivity index is 2.17. The van der Waals surface area contributed by atoms with Crippen LogP contribution in [0.3, 0.4) is 0 Å². The van der Waals surface area contributed by atoms with Gasteiger partial charge in [-0.3, -0.25) is 4.79 Å². The Morgan fingerprint density at radius 3 is 2.57 bits per heavy atom. The van der Waals surface area contributed by atoms with Crippen molar-refractivity contribution in [2.75, 3.05) is 24.3 Å². The zero-order valence-corrected chi connectivity index (χ0v) is 13.3. The molecule has 1 aliphatic carbocycles. The summed E-state index contributed by atoms with van der Waals surface area (Å²) in [5, 5.41) is 2.62. The van der Waals surface area contributed by atoms with Crippen LogP contribution >= 0.6 is 0 Å². The molecule has 0 bridgehead atoms. The average molecular weight is 329 g/mol. The highest BCUT2D eigenvalue weighted by atomic mass is 19.4. The van der Waals surface area contributed by atoms with Gasteiger partial charge >= 0.3 is 6.18 Å². The first-order valence-electron chi connectivity index (χ1n) is 7.62. The van der Waals surface area contributed by atoms with Gasteiger partial charge in [0, 0.05) is 26.6 Å². The molecule has 0 radical (unpaired) electrons. The van der Waals surface area contributed by atoms with E-state index in [4.69, 9.17) is 5.73 Å². The lowest BCUT2D eigenvalue weighted by Crippen LogP contribution is -2.28. The summed E-state index contributed by atoms with van der Waals surface area (Å²) in [7, 11) is 3.43. The fraction of sp³-hybridized carbons (Fsp3) is 0.562. The van der Waals surface area contributed by atoms with Gasteiger partial charge < -0.3 is 16.0 Å². The third-order valence-electron chi connectivity index (χ3n) is 4.25. The maximum atomic E-state index is 12.9. The Labute approximate surface area is 133 Å². The van der Waals surface area contributed by atoms with E-state index in [9.17, 15) is 18.0 Å². The second-order valence-corrected chi connectivity index (χ2v) is 6.23. The normalized spacial score (nSPS) is 21.3. The first kappa shape index (κ1) is 17.6. The summed E-state index contributed by atoms with van der Waals surface area (Å²) in [6.07, 6.45) is -1.43. The zero-order valence-electron chi connectivity index (χ0n) is 13.3. The summed E-state index contributed by atoms with van der Waals surface area (Å²) >= 11 is 0. The minimum atomic E-state index is -4.45. The maximum absolute atomic E-state index is 12.9. The standard InChI is InChI=1S/C16H22F3N3O/c1-22(2)14-7-6-11(16(17,18)19)9-13(14)21-15(23)8-10-4-3-5-12(10)20/h6-7,9-10,12H,3-5,8,20H2,1-2H3,(H,21,23)/t10-,12+/m0/s1. The smallest absolute Gasteiger partial charge is 0.376 e. The highest BCUT2D eigenvalue weighted by Gasteiger charge is 2.32. The molecule has 0 heterocycles. The summed E-state index contributed by atoms with van der Waals surface area (Å²) < 4.78 is 38.6. The number of nitrogens with two attached hydrogens (primary N) is 1. The number of nitrogens with zero attached hydrogens (tertiary/aromatic N) is 1. The number of alkyl halides is 3. The second kappa shape index (κ2) is 6.78. The Bertz CT molecular complexity index is 572. The van der Waals surface area contributed by atoms with Crippen LogP contribution in [0, 0.1) is 5.92 Å². The lowest BCUT2D eigenvalue weighted by molar-refractivity contribution is -0.137. The minimum Gasteiger partial charge on any atom is -0.376 e. The lowest BCUT2D eigenvalue weighted by Gasteiger charge is -2.21. The fourth-order valence-electron chi connectivity index (χ4n) is 2.96. The van der Waals surface area contributed by atoms with Gasteiger partial charge in [-0.2, -0.15) is 13.2 Å². The van der Waals surface area contributed by atoms with Crippen LogP contribution in [-0.4, -0.2) is 26.0 Å². The van der Waals surface area contributed by atoms with Crippen molar-refractivity contribution in [2.24, 2.45) is 11.7 Å². The SMILES string of the molecule is CN(C)c1ccc(C(F)(F)F)cc1NC(=O)C[C@@H]1CCC[C@H]1N. The quantitative estimate of drug-likeness (QED) is 0.892. The Morgan fingerprint density at radius 1 is 1.35 bits per heavy atom.